The Morgan fingerprint density at radius 1 is 1.33 bits per heavy atom. The lowest BCUT2D eigenvalue weighted by atomic mass is 10.1. The zero-order valence-electron chi connectivity index (χ0n) is 11.2. The van der Waals surface area contributed by atoms with Crippen molar-refractivity contribution in [1.29, 1.82) is 0 Å². The van der Waals surface area contributed by atoms with Crippen LogP contribution in [0.2, 0.25) is 0 Å². The quantitative estimate of drug-likeness (QED) is 0.944. The van der Waals surface area contributed by atoms with Crippen LogP contribution in [0.4, 0.5) is 10.5 Å². The molecular formula is C15H14N2O3S. The van der Waals surface area contributed by atoms with E-state index in [0.717, 1.165) is 4.88 Å². The number of benzene rings is 1. The van der Waals surface area contributed by atoms with Gasteiger partial charge in [0.15, 0.2) is 0 Å². The summed E-state index contributed by atoms with van der Waals surface area (Å²) in [4.78, 5) is 26.3. The van der Waals surface area contributed by atoms with Crippen molar-refractivity contribution < 1.29 is 14.3 Å². The van der Waals surface area contributed by atoms with Crippen LogP contribution in [-0.2, 0) is 11.3 Å². The lowest BCUT2D eigenvalue weighted by Crippen LogP contribution is -2.25. The highest BCUT2D eigenvalue weighted by Gasteiger charge is 2.24. The van der Waals surface area contributed by atoms with Crippen molar-refractivity contribution in [2.45, 2.75) is 6.54 Å². The average Bonchev–Trinajstić information content (AvgIpc) is 3.16. The zero-order chi connectivity index (χ0) is 14.7. The number of hydrogen-bond acceptors (Lipinski definition) is 4. The maximum Gasteiger partial charge on any atom is 0.414 e. The fraction of sp³-hybridized carbons (Fsp3) is 0.200. The van der Waals surface area contributed by atoms with Gasteiger partial charge in [-0.2, -0.15) is 0 Å². The fourth-order valence-corrected chi connectivity index (χ4v) is 2.77. The van der Waals surface area contributed by atoms with E-state index in [2.05, 4.69) is 5.32 Å². The Morgan fingerprint density at radius 3 is 2.95 bits per heavy atom. The van der Waals surface area contributed by atoms with E-state index in [-0.39, 0.29) is 12.0 Å². The van der Waals surface area contributed by atoms with Gasteiger partial charge in [0, 0.05) is 16.1 Å². The number of thiophene rings is 1. The highest BCUT2D eigenvalue weighted by Crippen LogP contribution is 2.20. The normalized spacial score (nSPS) is 14.1. The molecule has 6 heteroatoms. The molecule has 2 heterocycles. The molecule has 1 N–H and O–H groups in total. The van der Waals surface area contributed by atoms with Crippen LogP contribution in [0.5, 0.6) is 0 Å². The number of carbonyl (C=O) groups is 2. The number of rotatable bonds is 4. The minimum atomic E-state index is -0.369. The third-order valence-electron chi connectivity index (χ3n) is 3.18. The van der Waals surface area contributed by atoms with Crippen molar-refractivity contribution in [2.75, 3.05) is 18.1 Å². The number of nitrogens with zero attached hydrogens (tertiary/aromatic N) is 1. The van der Waals surface area contributed by atoms with Gasteiger partial charge in [-0.05, 0) is 29.6 Å². The molecule has 2 amide bonds. The van der Waals surface area contributed by atoms with Crippen LogP contribution in [0.15, 0.2) is 41.8 Å². The highest BCUT2D eigenvalue weighted by molar-refractivity contribution is 7.09. The molecule has 0 aliphatic carbocycles. The van der Waals surface area contributed by atoms with E-state index in [4.69, 9.17) is 4.74 Å². The Bertz CT molecular complexity index is 655. The minimum absolute atomic E-state index is 0.155. The first kappa shape index (κ1) is 13.6. The van der Waals surface area contributed by atoms with Gasteiger partial charge in [0.2, 0.25) is 0 Å². The molecule has 1 saturated heterocycles. The molecule has 0 radical (unpaired) electrons. The summed E-state index contributed by atoms with van der Waals surface area (Å²) in [6, 6.07) is 10.9. The summed E-state index contributed by atoms with van der Waals surface area (Å²) in [5.41, 5.74) is 1.21. The van der Waals surface area contributed by atoms with Gasteiger partial charge in [-0.25, -0.2) is 4.79 Å². The third kappa shape index (κ3) is 3.05. The topological polar surface area (TPSA) is 58.6 Å². The van der Waals surface area contributed by atoms with Gasteiger partial charge in [0.05, 0.1) is 13.1 Å². The molecule has 1 aromatic carbocycles. The lowest BCUT2D eigenvalue weighted by Gasteiger charge is -2.13. The highest BCUT2D eigenvalue weighted by atomic mass is 32.1. The van der Waals surface area contributed by atoms with E-state index in [1.54, 1.807) is 35.6 Å². The molecule has 1 aliphatic rings. The number of nitrogens with one attached hydrogen (secondary N) is 1. The first-order valence-corrected chi connectivity index (χ1v) is 7.47. The number of carbonyl (C=O) groups excluding carboxylic acids is 2. The molecule has 1 aliphatic heterocycles. The first-order chi connectivity index (χ1) is 10.2. The Labute approximate surface area is 126 Å². The Kier molecular flexibility index (Phi) is 3.87. The van der Waals surface area contributed by atoms with Crippen LogP contribution < -0.4 is 10.2 Å². The summed E-state index contributed by atoms with van der Waals surface area (Å²) in [5.74, 6) is -0.155. The van der Waals surface area contributed by atoms with E-state index < -0.39 is 0 Å². The SMILES string of the molecule is O=C(NCc1cccs1)c1cccc(N2CCOC2=O)c1. The molecule has 21 heavy (non-hydrogen) atoms. The monoisotopic (exact) mass is 302 g/mol. The van der Waals surface area contributed by atoms with E-state index in [0.29, 0.717) is 30.9 Å². The maximum atomic E-state index is 12.1. The standard InChI is InChI=1S/C15H14N2O3S/c18-14(16-10-13-5-2-8-21-13)11-3-1-4-12(9-11)17-6-7-20-15(17)19/h1-5,8-9H,6-7,10H2,(H,16,18). The van der Waals surface area contributed by atoms with Gasteiger partial charge >= 0.3 is 6.09 Å². The summed E-state index contributed by atoms with van der Waals surface area (Å²) in [6.45, 7) is 1.40. The van der Waals surface area contributed by atoms with Gasteiger partial charge in [0.1, 0.15) is 6.61 Å². The van der Waals surface area contributed by atoms with Crippen molar-refractivity contribution in [2.24, 2.45) is 0 Å². The zero-order valence-corrected chi connectivity index (χ0v) is 12.1. The fourth-order valence-electron chi connectivity index (χ4n) is 2.13. The second-order valence-electron chi connectivity index (χ2n) is 4.58. The van der Waals surface area contributed by atoms with E-state index in [1.165, 1.54) is 4.90 Å². The summed E-state index contributed by atoms with van der Waals surface area (Å²) in [7, 11) is 0. The molecule has 3 rings (SSSR count). The van der Waals surface area contributed by atoms with Gasteiger partial charge in [-0.1, -0.05) is 12.1 Å². The number of ether oxygens (including phenoxy) is 1. The van der Waals surface area contributed by atoms with E-state index >= 15 is 0 Å². The van der Waals surface area contributed by atoms with Crippen molar-refractivity contribution in [3.8, 4) is 0 Å². The van der Waals surface area contributed by atoms with Crippen LogP contribution in [0.1, 0.15) is 15.2 Å². The summed E-state index contributed by atoms with van der Waals surface area (Å²) in [6.07, 6.45) is -0.369. The van der Waals surface area contributed by atoms with Crippen molar-refractivity contribution >= 4 is 29.0 Å². The smallest absolute Gasteiger partial charge is 0.414 e. The summed E-state index contributed by atoms with van der Waals surface area (Å²) < 4.78 is 4.90. The van der Waals surface area contributed by atoms with Crippen LogP contribution in [0.25, 0.3) is 0 Å². The summed E-state index contributed by atoms with van der Waals surface area (Å²) in [5, 5.41) is 4.84. The van der Waals surface area contributed by atoms with Crippen LogP contribution >= 0.6 is 11.3 Å². The number of amides is 2. The summed E-state index contributed by atoms with van der Waals surface area (Å²) >= 11 is 1.60. The Hall–Kier alpha value is -2.34. The van der Waals surface area contributed by atoms with Gasteiger partial charge in [-0.15, -0.1) is 11.3 Å². The van der Waals surface area contributed by atoms with Gasteiger partial charge < -0.3 is 10.1 Å². The van der Waals surface area contributed by atoms with Gasteiger partial charge in [-0.3, -0.25) is 9.69 Å². The third-order valence-corrected chi connectivity index (χ3v) is 4.06. The van der Waals surface area contributed by atoms with E-state index in [1.807, 2.05) is 17.5 Å². The number of anilines is 1. The van der Waals surface area contributed by atoms with Crippen LogP contribution in [0.3, 0.4) is 0 Å². The molecule has 1 fully saturated rings. The predicted molar refractivity (Wildman–Crippen MR) is 80.6 cm³/mol. The molecular weight excluding hydrogens is 288 g/mol. The predicted octanol–water partition coefficient (Wildman–Crippen LogP) is 2.63. The second-order valence-corrected chi connectivity index (χ2v) is 5.61. The molecule has 1 aromatic heterocycles. The van der Waals surface area contributed by atoms with Crippen molar-refractivity contribution in [3.05, 3.63) is 52.2 Å². The molecule has 0 atom stereocenters. The maximum absolute atomic E-state index is 12.1. The number of hydrogen-bond donors (Lipinski definition) is 1. The first-order valence-electron chi connectivity index (χ1n) is 6.59. The van der Waals surface area contributed by atoms with Crippen molar-refractivity contribution in [1.82, 2.24) is 5.32 Å². The Balaban J connectivity index is 1.70. The largest absolute Gasteiger partial charge is 0.447 e. The van der Waals surface area contributed by atoms with Crippen LogP contribution in [-0.4, -0.2) is 25.2 Å². The average molecular weight is 302 g/mol. The molecule has 2 aromatic rings. The molecule has 108 valence electrons. The van der Waals surface area contributed by atoms with Crippen molar-refractivity contribution in [3.63, 3.8) is 0 Å². The minimum Gasteiger partial charge on any atom is -0.447 e. The van der Waals surface area contributed by atoms with E-state index in [9.17, 15) is 9.59 Å². The number of cyclic esters (lactones) is 1. The van der Waals surface area contributed by atoms with Crippen LogP contribution in [0, 0.1) is 0 Å². The molecule has 0 unspecified atom stereocenters. The lowest BCUT2D eigenvalue weighted by molar-refractivity contribution is 0.0951. The van der Waals surface area contributed by atoms with Gasteiger partial charge in [0.25, 0.3) is 5.91 Å². The molecule has 5 nitrogen and oxygen atoms in total. The Morgan fingerprint density at radius 2 is 2.24 bits per heavy atom. The molecule has 0 spiro atoms. The second kappa shape index (κ2) is 5.97. The molecule has 0 saturated carbocycles. The molecule has 0 bridgehead atoms.